The van der Waals surface area contributed by atoms with Crippen molar-refractivity contribution in [3.8, 4) is 11.5 Å². The fraction of sp³-hybridized carbons (Fsp3) is 0.167. The van der Waals surface area contributed by atoms with E-state index >= 15 is 0 Å². The van der Waals surface area contributed by atoms with E-state index in [0.29, 0.717) is 0 Å². The van der Waals surface area contributed by atoms with E-state index in [9.17, 15) is 14.0 Å². The number of nitrogens with one attached hydrogen (secondary N) is 1. The van der Waals surface area contributed by atoms with Gasteiger partial charge in [-0.25, -0.2) is 9.18 Å². The van der Waals surface area contributed by atoms with Gasteiger partial charge in [0.2, 0.25) is 5.91 Å². The van der Waals surface area contributed by atoms with E-state index in [1.165, 1.54) is 19.1 Å². The molecule has 0 spiro atoms. The van der Waals surface area contributed by atoms with Crippen molar-refractivity contribution < 1.29 is 18.4 Å². The maximum atomic E-state index is 13.6. The van der Waals surface area contributed by atoms with Crippen LogP contribution in [0.15, 0.2) is 33.9 Å². The van der Waals surface area contributed by atoms with Crippen molar-refractivity contribution in [2.75, 3.05) is 0 Å². The number of nitrogens with two attached hydrogens (primary N) is 1. The number of rotatable bonds is 4. The lowest BCUT2D eigenvalue weighted by Crippen LogP contribution is -2.39. The molecule has 110 valence electrons. The first-order valence-electron chi connectivity index (χ1n) is 5.82. The Hall–Kier alpha value is -2.42. The molecule has 1 aromatic heterocycles. The molecule has 0 fully saturated rings. The lowest BCUT2D eigenvalue weighted by Gasteiger charge is -2.06. The van der Waals surface area contributed by atoms with Gasteiger partial charge in [0.1, 0.15) is 5.82 Å². The molecule has 0 radical (unpaired) electrons. The summed E-state index contributed by atoms with van der Waals surface area (Å²) < 4.78 is 18.8. The van der Waals surface area contributed by atoms with Crippen molar-refractivity contribution in [1.29, 1.82) is 0 Å². The number of aromatic nitrogens is 2. The van der Waals surface area contributed by atoms with Gasteiger partial charge in [0, 0.05) is 0 Å². The van der Waals surface area contributed by atoms with E-state index < -0.39 is 23.0 Å². The standard InChI is InChI=1S/C12H11FN4O3S/c1-6(9(18)15-11(14)19)21-12-17-16-10(20-12)7-4-2-3-5-8(7)13/h2-6H,1H3,(H3,14,15,18,19)/t6-/m1/s1. The monoisotopic (exact) mass is 310 g/mol. The lowest BCUT2D eigenvalue weighted by atomic mass is 10.2. The zero-order valence-electron chi connectivity index (χ0n) is 10.9. The minimum atomic E-state index is -0.940. The highest BCUT2D eigenvalue weighted by molar-refractivity contribution is 8.00. The van der Waals surface area contributed by atoms with Crippen LogP contribution in [0.1, 0.15) is 6.92 Å². The molecule has 3 N–H and O–H groups in total. The number of imide groups is 1. The number of urea groups is 1. The zero-order chi connectivity index (χ0) is 15.4. The third-order valence-electron chi connectivity index (χ3n) is 2.40. The normalized spacial score (nSPS) is 11.9. The molecule has 3 amide bonds. The van der Waals surface area contributed by atoms with Crippen molar-refractivity contribution in [2.24, 2.45) is 5.73 Å². The predicted octanol–water partition coefficient (Wildman–Crippen LogP) is 1.55. The van der Waals surface area contributed by atoms with Crippen molar-refractivity contribution in [3.63, 3.8) is 0 Å². The van der Waals surface area contributed by atoms with Crippen LogP contribution in [0.25, 0.3) is 11.5 Å². The average molecular weight is 310 g/mol. The van der Waals surface area contributed by atoms with E-state index in [2.05, 4.69) is 10.2 Å². The number of primary amides is 1. The SMILES string of the molecule is C[C@@H](Sc1nnc(-c2ccccc2F)o1)C(=O)NC(N)=O. The average Bonchev–Trinajstić information content (AvgIpc) is 2.86. The van der Waals surface area contributed by atoms with Gasteiger partial charge in [-0.2, -0.15) is 0 Å². The molecule has 0 unspecified atom stereocenters. The number of benzene rings is 1. The van der Waals surface area contributed by atoms with Gasteiger partial charge in [-0.3, -0.25) is 10.1 Å². The van der Waals surface area contributed by atoms with Crippen molar-refractivity contribution in [3.05, 3.63) is 30.1 Å². The number of nitrogens with zero attached hydrogens (tertiary/aromatic N) is 2. The first-order valence-corrected chi connectivity index (χ1v) is 6.70. The van der Waals surface area contributed by atoms with Gasteiger partial charge in [0.25, 0.3) is 11.1 Å². The molecule has 2 aromatic rings. The molecule has 0 bridgehead atoms. The fourth-order valence-electron chi connectivity index (χ4n) is 1.43. The molecule has 0 aliphatic carbocycles. The Bertz CT molecular complexity index is 676. The van der Waals surface area contributed by atoms with Crippen LogP contribution in [0.5, 0.6) is 0 Å². The molecule has 1 atom stereocenters. The third-order valence-corrected chi connectivity index (χ3v) is 3.34. The Balaban J connectivity index is 2.09. The molecule has 21 heavy (non-hydrogen) atoms. The highest BCUT2D eigenvalue weighted by atomic mass is 32.2. The van der Waals surface area contributed by atoms with Gasteiger partial charge in [-0.15, -0.1) is 10.2 Å². The summed E-state index contributed by atoms with van der Waals surface area (Å²) in [6, 6.07) is 5.01. The van der Waals surface area contributed by atoms with Crippen LogP contribution in [-0.2, 0) is 4.79 Å². The second kappa shape index (κ2) is 6.35. The van der Waals surface area contributed by atoms with Gasteiger partial charge in [-0.1, -0.05) is 23.9 Å². The molecular weight excluding hydrogens is 299 g/mol. The number of halogens is 1. The van der Waals surface area contributed by atoms with Crippen LogP contribution in [0.4, 0.5) is 9.18 Å². The maximum absolute atomic E-state index is 13.6. The third kappa shape index (κ3) is 3.78. The Kier molecular flexibility index (Phi) is 4.53. The van der Waals surface area contributed by atoms with E-state index in [1.807, 2.05) is 5.32 Å². The Morgan fingerprint density at radius 2 is 2.10 bits per heavy atom. The molecule has 7 nitrogen and oxygen atoms in total. The Morgan fingerprint density at radius 3 is 2.76 bits per heavy atom. The molecule has 0 saturated carbocycles. The zero-order valence-corrected chi connectivity index (χ0v) is 11.7. The van der Waals surface area contributed by atoms with E-state index in [0.717, 1.165) is 11.8 Å². The molecule has 0 aliphatic heterocycles. The highest BCUT2D eigenvalue weighted by Gasteiger charge is 2.20. The van der Waals surface area contributed by atoms with Crippen LogP contribution >= 0.6 is 11.8 Å². The Morgan fingerprint density at radius 1 is 1.38 bits per heavy atom. The smallest absolute Gasteiger partial charge is 0.318 e. The van der Waals surface area contributed by atoms with Crippen LogP contribution in [0, 0.1) is 5.82 Å². The second-order valence-corrected chi connectivity index (χ2v) is 5.26. The minimum Gasteiger partial charge on any atom is -0.411 e. The summed E-state index contributed by atoms with van der Waals surface area (Å²) in [4.78, 5) is 22.1. The topological polar surface area (TPSA) is 111 Å². The summed E-state index contributed by atoms with van der Waals surface area (Å²) >= 11 is 0.932. The molecule has 2 rings (SSSR count). The van der Waals surface area contributed by atoms with E-state index in [4.69, 9.17) is 10.2 Å². The van der Waals surface area contributed by atoms with Gasteiger partial charge in [0.05, 0.1) is 10.8 Å². The molecule has 1 heterocycles. The molecular formula is C12H11FN4O3S. The minimum absolute atomic E-state index is 0.0121. The Labute approximate surface area is 123 Å². The first kappa shape index (κ1) is 15.0. The summed E-state index contributed by atoms with van der Waals surface area (Å²) in [6.07, 6.45) is 0. The maximum Gasteiger partial charge on any atom is 0.318 e. The van der Waals surface area contributed by atoms with Gasteiger partial charge in [-0.05, 0) is 19.1 Å². The number of hydrogen-bond donors (Lipinski definition) is 2. The number of thioether (sulfide) groups is 1. The number of carbonyl (C=O) groups excluding carboxylic acids is 2. The summed E-state index contributed by atoms with van der Waals surface area (Å²) in [7, 11) is 0. The van der Waals surface area contributed by atoms with E-state index in [-0.39, 0.29) is 16.7 Å². The molecule has 9 heteroatoms. The van der Waals surface area contributed by atoms with E-state index in [1.54, 1.807) is 12.1 Å². The largest absolute Gasteiger partial charge is 0.411 e. The van der Waals surface area contributed by atoms with Crippen LogP contribution in [0.3, 0.4) is 0 Å². The van der Waals surface area contributed by atoms with Crippen molar-refractivity contribution in [2.45, 2.75) is 17.4 Å². The van der Waals surface area contributed by atoms with Gasteiger partial charge < -0.3 is 10.2 Å². The van der Waals surface area contributed by atoms with Gasteiger partial charge >= 0.3 is 6.03 Å². The lowest BCUT2D eigenvalue weighted by molar-refractivity contribution is -0.119. The number of carbonyl (C=O) groups is 2. The fourth-order valence-corrected chi connectivity index (χ4v) is 2.11. The summed E-state index contributed by atoms with van der Waals surface area (Å²) in [5.41, 5.74) is 5.02. The van der Waals surface area contributed by atoms with Gasteiger partial charge in [0.15, 0.2) is 0 Å². The van der Waals surface area contributed by atoms with Crippen molar-refractivity contribution in [1.82, 2.24) is 15.5 Å². The molecule has 0 saturated heterocycles. The molecule has 0 aliphatic rings. The van der Waals surface area contributed by atoms with Crippen molar-refractivity contribution >= 4 is 23.7 Å². The highest BCUT2D eigenvalue weighted by Crippen LogP contribution is 2.27. The summed E-state index contributed by atoms with van der Waals surface area (Å²) in [5.74, 6) is -1.06. The quantitative estimate of drug-likeness (QED) is 0.829. The number of amides is 3. The first-order chi connectivity index (χ1) is 9.97. The summed E-state index contributed by atoms with van der Waals surface area (Å²) in [5, 5.41) is 8.79. The van der Waals surface area contributed by atoms with Crippen LogP contribution in [0.2, 0.25) is 0 Å². The summed E-state index contributed by atoms with van der Waals surface area (Å²) in [6.45, 7) is 1.54. The molecule has 1 aromatic carbocycles. The predicted molar refractivity (Wildman–Crippen MR) is 72.7 cm³/mol. The number of hydrogen-bond acceptors (Lipinski definition) is 6. The van der Waals surface area contributed by atoms with Crippen LogP contribution < -0.4 is 11.1 Å². The van der Waals surface area contributed by atoms with Crippen LogP contribution in [-0.4, -0.2) is 27.4 Å². The second-order valence-electron chi connectivity index (χ2n) is 3.97.